The fraction of sp³-hybridized carbons (Fsp3) is 0.500. The molecule has 4 nitrogen and oxygen atoms in total. The zero-order valence-corrected chi connectivity index (χ0v) is 11.7. The molecule has 0 amide bonds. The molecule has 1 aromatic carbocycles. The van der Waals surface area contributed by atoms with Crippen molar-refractivity contribution < 1.29 is 14.2 Å². The summed E-state index contributed by atoms with van der Waals surface area (Å²) in [7, 11) is 0. The second-order valence-electron chi connectivity index (χ2n) is 4.20. The number of rotatable bonds is 6. The van der Waals surface area contributed by atoms with Crippen molar-refractivity contribution in [1.82, 2.24) is 0 Å². The largest absolute Gasteiger partial charge is 0.349 e. The molecule has 0 spiro atoms. The van der Waals surface area contributed by atoms with Gasteiger partial charge in [0.2, 0.25) is 11.9 Å². The lowest BCUT2D eigenvalue weighted by molar-refractivity contribution is -0.162. The predicted octanol–water partition coefficient (Wildman–Crippen LogP) is 3.07. The minimum atomic E-state index is -1.06. The number of hydrogen-bond acceptors (Lipinski definition) is 4. The van der Waals surface area contributed by atoms with E-state index in [1.54, 1.807) is 12.1 Å². The van der Waals surface area contributed by atoms with Crippen LogP contribution < -0.4 is 0 Å². The molecule has 0 radical (unpaired) electrons. The van der Waals surface area contributed by atoms with E-state index in [0.717, 1.165) is 5.56 Å². The predicted molar refractivity (Wildman–Crippen MR) is 70.7 cm³/mol. The molecular formula is C14H16ClNO3. The Kier molecular flexibility index (Phi) is 4.43. The minimum absolute atomic E-state index is 0.335. The van der Waals surface area contributed by atoms with Gasteiger partial charge in [0, 0.05) is 18.2 Å². The molecule has 19 heavy (non-hydrogen) atoms. The summed E-state index contributed by atoms with van der Waals surface area (Å²) in [5.74, 6) is 0. The zero-order valence-electron chi connectivity index (χ0n) is 10.9. The number of epoxide rings is 1. The maximum atomic E-state index is 9.41. The van der Waals surface area contributed by atoms with Gasteiger partial charge in [-0.1, -0.05) is 23.7 Å². The summed E-state index contributed by atoms with van der Waals surface area (Å²) in [6.07, 6.45) is -1.01. The first kappa shape index (κ1) is 14.3. The first-order chi connectivity index (χ1) is 9.17. The average molecular weight is 282 g/mol. The third-order valence-corrected chi connectivity index (χ3v) is 3.23. The summed E-state index contributed by atoms with van der Waals surface area (Å²) >= 11 is 5.85. The van der Waals surface area contributed by atoms with E-state index in [4.69, 9.17) is 25.8 Å². The lowest BCUT2D eigenvalue weighted by atomic mass is 10.00. The van der Waals surface area contributed by atoms with Crippen LogP contribution in [0.25, 0.3) is 0 Å². The second-order valence-corrected chi connectivity index (χ2v) is 4.63. The Morgan fingerprint density at radius 3 is 2.37 bits per heavy atom. The number of ether oxygens (including phenoxy) is 3. The SMILES string of the molecule is CCOC(OCC)C1(C#N)OC1c1ccc(Cl)cc1. The Labute approximate surface area is 117 Å². The lowest BCUT2D eigenvalue weighted by Crippen LogP contribution is -2.34. The van der Waals surface area contributed by atoms with Crippen LogP contribution in [0.2, 0.25) is 5.02 Å². The van der Waals surface area contributed by atoms with Crippen LogP contribution >= 0.6 is 11.6 Å². The molecule has 1 saturated heterocycles. The molecule has 1 aliphatic heterocycles. The van der Waals surface area contributed by atoms with Crippen LogP contribution in [0.4, 0.5) is 0 Å². The fourth-order valence-corrected chi connectivity index (χ4v) is 2.16. The third kappa shape index (κ3) is 2.75. The summed E-state index contributed by atoms with van der Waals surface area (Å²) in [6.45, 7) is 4.64. The van der Waals surface area contributed by atoms with Crippen molar-refractivity contribution >= 4 is 11.6 Å². The van der Waals surface area contributed by atoms with Gasteiger partial charge in [-0.15, -0.1) is 0 Å². The van der Waals surface area contributed by atoms with E-state index in [1.807, 2.05) is 26.0 Å². The van der Waals surface area contributed by atoms with Crippen LogP contribution in [0.5, 0.6) is 0 Å². The number of nitrogens with zero attached hydrogens (tertiary/aromatic N) is 1. The van der Waals surface area contributed by atoms with Crippen molar-refractivity contribution in [1.29, 1.82) is 5.26 Å². The van der Waals surface area contributed by atoms with E-state index >= 15 is 0 Å². The topological polar surface area (TPSA) is 54.8 Å². The maximum absolute atomic E-state index is 9.41. The summed E-state index contributed by atoms with van der Waals surface area (Å²) in [6, 6.07) is 9.43. The van der Waals surface area contributed by atoms with Crippen molar-refractivity contribution in [2.45, 2.75) is 31.8 Å². The molecule has 0 aliphatic carbocycles. The molecule has 0 bridgehead atoms. The summed E-state index contributed by atoms with van der Waals surface area (Å²) in [4.78, 5) is 0. The van der Waals surface area contributed by atoms with Gasteiger partial charge in [0.25, 0.3) is 0 Å². The van der Waals surface area contributed by atoms with Gasteiger partial charge in [-0.25, -0.2) is 0 Å². The first-order valence-electron chi connectivity index (χ1n) is 6.25. The van der Waals surface area contributed by atoms with E-state index in [0.29, 0.717) is 18.2 Å². The average Bonchev–Trinajstić information content (AvgIpc) is 3.15. The molecule has 1 aromatic rings. The Hall–Kier alpha value is -1.12. The highest BCUT2D eigenvalue weighted by Gasteiger charge is 2.65. The molecular weight excluding hydrogens is 266 g/mol. The fourth-order valence-electron chi connectivity index (χ4n) is 2.03. The van der Waals surface area contributed by atoms with Gasteiger partial charge in [-0.3, -0.25) is 0 Å². The molecule has 5 heteroatoms. The smallest absolute Gasteiger partial charge is 0.236 e. The molecule has 2 unspecified atom stereocenters. The number of nitriles is 1. The Morgan fingerprint density at radius 2 is 1.89 bits per heavy atom. The van der Waals surface area contributed by atoms with Gasteiger partial charge in [0.15, 0.2) is 0 Å². The summed E-state index contributed by atoms with van der Waals surface area (Å²) in [5.41, 5.74) is -0.157. The van der Waals surface area contributed by atoms with Crippen molar-refractivity contribution in [3.05, 3.63) is 34.9 Å². The third-order valence-electron chi connectivity index (χ3n) is 2.98. The van der Waals surface area contributed by atoms with E-state index in [-0.39, 0.29) is 6.10 Å². The molecule has 2 rings (SSSR count). The first-order valence-corrected chi connectivity index (χ1v) is 6.63. The van der Waals surface area contributed by atoms with E-state index in [2.05, 4.69) is 6.07 Å². The van der Waals surface area contributed by atoms with E-state index in [1.165, 1.54) is 0 Å². The van der Waals surface area contributed by atoms with E-state index in [9.17, 15) is 5.26 Å². The zero-order chi connectivity index (χ0) is 13.9. The van der Waals surface area contributed by atoms with Crippen LogP contribution in [0.3, 0.4) is 0 Å². The summed E-state index contributed by atoms with van der Waals surface area (Å²) < 4.78 is 16.6. The lowest BCUT2D eigenvalue weighted by Gasteiger charge is -2.19. The molecule has 0 aromatic heterocycles. The number of halogens is 1. The highest BCUT2D eigenvalue weighted by Crippen LogP contribution is 2.52. The van der Waals surface area contributed by atoms with Crippen LogP contribution in [0.15, 0.2) is 24.3 Å². The monoisotopic (exact) mass is 281 g/mol. The number of hydrogen-bond donors (Lipinski definition) is 0. The standard InChI is InChI=1S/C14H16ClNO3/c1-3-17-13(18-4-2)14(9-16)12(19-14)10-5-7-11(15)8-6-10/h5-8,12-13H,3-4H2,1-2H3. The van der Waals surface area contributed by atoms with Crippen molar-refractivity contribution in [2.24, 2.45) is 0 Å². The molecule has 1 heterocycles. The van der Waals surface area contributed by atoms with Gasteiger partial charge in [0.1, 0.15) is 12.2 Å². The van der Waals surface area contributed by atoms with Crippen LogP contribution in [0.1, 0.15) is 25.5 Å². The van der Waals surface area contributed by atoms with Crippen LogP contribution in [0, 0.1) is 11.3 Å². The van der Waals surface area contributed by atoms with Gasteiger partial charge in [-0.2, -0.15) is 5.26 Å². The summed E-state index contributed by atoms with van der Waals surface area (Å²) in [5, 5.41) is 10.1. The molecule has 102 valence electrons. The highest BCUT2D eigenvalue weighted by molar-refractivity contribution is 6.30. The van der Waals surface area contributed by atoms with Crippen molar-refractivity contribution in [3.8, 4) is 6.07 Å². The van der Waals surface area contributed by atoms with E-state index < -0.39 is 11.9 Å². The maximum Gasteiger partial charge on any atom is 0.236 e. The number of benzene rings is 1. The molecule has 2 atom stereocenters. The molecule has 0 N–H and O–H groups in total. The van der Waals surface area contributed by atoms with Crippen molar-refractivity contribution in [3.63, 3.8) is 0 Å². The van der Waals surface area contributed by atoms with Gasteiger partial charge in [0.05, 0.1) is 0 Å². The van der Waals surface area contributed by atoms with Crippen LogP contribution in [-0.2, 0) is 14.2 Å². The van der Waals surface area contributed by atoms with Crippen molar-refractivity contribution in [2.75, 3.05) is 13.2 Å². The Bertz CT molecular complexity index is 465. The Morgan fingerprint density at radius 1 is 1.32 bits per heavy atom. The van der Waals surface area contributed by atoms with Gasteiger partial charge in [-0.05, 0) is 31.5 Å². The molecule has 1 fully saturated rings. The molecule has 1 aliphatic rings. The van der Waals surface area contributed by atoms with Gasteiger partial charge < -0.3 is 14.2 Å². The quantitative estimate of drug-likeness (QED) is 0.594. The second kappa shape index (κ2) is 5.89. The van der Waals surface area contributed by atoms with Crippen LogP contribution in [-0.4, -0.2) is 25.1 Å². The normalized spacial score (nSPS) is 25.3. The minimum Gasteiger partial charge on any atom is -0.349 e. The Balaban J connectivity index is 2.18. The molecule has 0 saturated carbocycles. The van der Waals surface area contributed by atoms with Gasteiger partial charge >= 0.3 is 0 Å². The highest BCUT2D eigenvalue weighted by atomic mass is 35.5.